The normalized spacial score (nSPS) is 14.0. The molecule has 0 saturated heterocycles. The van der Waals surface area contributed by atoms with E-state index >= 15 is 0 Å². The van der Waals surface area contributed by atoms with Crippen LogP contribution in [0.4, 0.5) is 11.4 Å². The Morgan fingerprint density at radius 2 is 0.843 bits per heavy atom. The molecular weight excluding hydrogens is 735 g/mol. The summed E-state index contributed by atoms with van der Waals surface area (Å²) in [5, 5.41) is 2.53. The zero-order valence-corrected chi connectivity index (χ0v) is 38.9. The molecule has 1 aliphatic rings. The number of benzene rings is 4. The summed E-state index contributed by atoms with van der Waals surface area (Å²) in [6.07, 6.45) is 0. The first kappa shape index (κ1) is 41.8. The molecule has 5 rings (SSSR count). The third kappa shape index (κ3) is 9.39. The Hall–Kier alpha value is -1.99. The second-order valence-corrected chi connectivity index (χ2v) is 28.5. The summed E-state index contributed by atoms with van der Waals surface area (Å²) >= 11 is -0.556. The number of hydrogen-bond donors (Lipinski definition) is 0. The molecule has 0 aromatic heterocycles. The zero-order valence-electron chi connectivity index (χ0n) is 33.8. The molecule has 3 nitrogen and oxygen atoms in total. The summed E-state index contributed by atoms with van der Waals surface area (Å²) in [4.78, 5) is 11.1. The van der Waals surface area contributed by atoms with Crippen molar-refractivity contribution in [1.29, 1.82) is 0 Å². The predicted molar refractivity (Wildman–Crippen MR) is 226 cm³/mol. The van der Waals surface area contributed by atoms with E-state index in [9.17, 15) is 0 Å². The molecule has 0 N–H and O–H groups in total. The molecule has 0 saturated carbocycles. The molecule has 0 fully saturated rings. The van der Waals surface area contributed by atoms with Crippen LogP contribution in [-0.4, -0.2) is 16.5 Å². The van der Waals surface area contributed by atoms with Crippen molar-refractivity contribution in [2.45, 2.75) is 126 Å². The van der Waals surface area contributed by atoms with Crippen molar-refractivity contribution < 1.29 is 21.8 Å². The van der Waals surface area contributed by atoms with Crippen LogP contribution in [0.2, 0.25) is 26.2 Å². The fraction of sp³-hybridized carbons (Fsp3) is 0.442. The van der Waals surface area contributed by atoms with Crippen LogP contribution in [0.1, 0.15) is 99.9 Å². The fourth-order valence-electron chi connectivity index (χ4n) is 7.22. The van der Waals surface area contributed by atoms with Crippen LogP contribution in [0.15, 0.2) is 60.7 Å². The molecule has 8 heteroatoms. The third-order valence-corrected chi connectivity index (χ3v) is 15.0. The maximum atomic E-state index is 7.40. The van der Waals surface area contributed by atoms with Crippen molar-refractivity contribution in [2.75, 3.05) is 0 Å². The molecule has 1 heterocycles. The van der Waals surface area contributed by atoms with Gasteiger partial charge in [-0.2, -0.15) is 0 Å². The Morgan fingerprint density at radius 1 is 0.549 bits per heavy atom. The fourth-order valence-corrected chi connectivity index (χ4v) is 11.5. The molecule has 0 unspecified atom stereocenters. The van der Waals surface area contributed by atoms with Crippen LogP contribution in [0, 0.1) is 27.7 Å². The van der Waals surface area contributed by atoms with Gasteiger partial charge in [-0.1, -0.05) is 164 Å². The standard InChI is InChI=1S/C43H58N2OSi2.2ClH.Ti/c1-27-17-28(2)20-33(19-27)44-47(13,14)37-25-31(41(5,6)7)23-35-39(37)46-40-36(43(35,11)12)24-32(42(8,9)10)26-38(40)48(15,16)45-34-21-29(3)18-30(4)22-34;;;/h17-26H,1-16H3;2*1H;/q-2;;;+2/p-2. The van der Waals surface area contributed by atoms with E-state index in [1.165, 1.54) is 54.9 Å². The summed E-state index contributed by atoms with van der Waals surface area (Å²) < 4.78 is 7.40. The Kier molecular flexibility index (Phi) is 12.3. The van der Waals surface area contributed by atoms with Crippen LogP contribution in [-0.2, 0) is 33.3 Å². The van der Waals surface area contributed by atoms with E-state index in [-0.39, 0.29) is 16.2 Å². The topological polar surface area (TPSA) is 37.4 Å². The predicted octanol–water partition coefficient (Wildman–Crippen LogP) is 13.6. The van der Waals surface area contributed by atoms with Gasteiger partial charge in [-0.25, -0.2) is 0 Å². The summed E-state index contributed by atoms with van der Waals surface area (Å²) in [5.74, 6) is 2.01. The van der Waals surface area contributed by atoms with Gasteiger partial charge in [-0.05, 0) is 76.5 Å². The average Bonchev–Trinajstić information content (AvgIpc) is 2.94. The molecule has 1 aliphatic heterocycles. The van der Waals surface area contributed by atoms with Gasteiger partial charge >= 0.3 is 35.6 Å². The van der Waals surface area contributed by atoms with Gasteiger partial charge in [-0.15, -0.1) is 11.4 Å². The molecular formula is C43H58Cl2N2OSi2Ti-2. The quantitative estimate of drug-likeness (QED) is 0.179. The molecule has 0 bridgehead atoms. The number of halogens is 2. The van der Waals surface area contributed by atoms with Crippen molar-refractivity contribution in [3.8, 4) is 11.5 Å². The molecule has 4 aromatic rings. The molecule has 0 aliphatic carbocycles. The zero-order chi connectivity index (χ0) is 38.5. The van der Waals surface area contributed by atoms with E-state index in [1.54, 1.807) is 0 Å². The maximum absolute atomic E-state index is 7.40. The van der Waals surface area contributed by atoms with Gasteiger partial charge in [0.15, 0.2) is 0 Å². The molecule has 0 spiro atoms. The Bertz CT molecular complexity index is 1750. The minimum absolute atomic E-state index is 0.0251. The Morgan fingerprint density at radius 3 is 1.12 bits per heavy atom. The molecule has 274 valence electrons. The Balaban J connectivity index is 0.00000188. The first-order chi connectivity index (χ1) is 23.3. The van der Waals surface area contributed by atoms with Crippen molar-refractivity contribution in [2.24, 2.45) is 0 Å². The summed E-state index contributed by atoms with van der Waals surface area (Å²) in [6.45, 7) is 36.8. The van der Waals surface area contributed by atoms with E-state index in [0.717, 1.165) is 22.9 Å². The van der Waals surface area contributed by atoms with Gasteiger partial charge in [0.25, 0.3) is 0 Å². The number of hydrogen-bond acceptors (Lipinski definition) is 1. The van der Waals surface area contributed by atoms with Crippen LogP contribution < -0.4 is 15.1 Å². The van der Waals surface area contributed by atoms with Crippen molar-refractivity contribution >= 4 is 56.8 Å². The van der Waals surface area contributed by atoms with Gasteiger partial charge in [0.2, 0.25) is 0 Å². The average molecular weight is 794 g/mol. The van der Waals surface area contributed by atoms with Crippen LogP contribution >= 0.6 is 18.6 Å². The number of aryl methyl sites for hydroxylation is 4. The van der Waals surface area contributed by atoms with E-state index in [2.05, 4.69) is 170 Å². The van der Waals surface area contributed by atoms with Crippen molar-refractivity contribution in [1.82, 2.24) is 0 Å². The number of fused-ring (bicyclic) bond motifs is 2. The van der Waals surface area contributed by atoms with E-state index in [1.807, 2.05) is 0 Å². The van der Waals surface area contributed by atoms with Gasteiger partial charge in [0.05, 0.1) is 0 Å². The molecule has 0 amide bonds. The Labute approximate surface area is 328 Å². The van der Waals surface area contributed by atoms with Gasteiger partial charge < -0.3 is 14.7 Å². The second-order valence-electron chi connectivity index (χ2n) is 18.1. The van der Waals surface area contributed by atoms with Crippen LogP contribution in [0.3, 0.4) is 0 Å². The second kappa shape index (κ2) is 15.0. The van der Waals surface area contributed by atoms with Crippen molar-refractivity contribution in [3.63, 3.8) is 0 Å². The number of ether oxygens (including phenoxy) is 1. The molecule has 51 heavy (non-hydrogen) atoms. The number of rotatable bonds is 6. The number of nitrogens with zero attached hydrogens (tertiary/aromatic N) is 2. The van der Waals surface area contributed by atoms with Gasteiger partial charge in [-0.3, -0.25) is 0 Å². The molecule has 0 atom stereocenters. The van der Waals surface area contributed by atoms with Gasteiger partial charge in [0, 0.05) is 16.5 Å². The van der Waals surface area contributed by atoms with E-state index < -0.39 is 33.5 Å². The van der Waals surface area contributed by atoms with Crippen LogP contribution in [0.5, 0.6) is 11.5 Å². The summed E-state index contributed by atoms with van der Waals surface area (Å²) in [7, 11) is 4.92. The SMILES string of the molecule is Cc1cc(C)cc([N-][Si](C)(C)c2cc(C(C)(C)C)cc3c2Oc2c(cc(C(C)(C)C)cc2[Si](C)(C)[N-]c2cc(C)cc(C)c2)C3(C)C)c1.[Cl][Ti][Cl]. The van der Waals surface area contributed by atoms with Crippen LogP contribution in [0.25, 0.3) is 9.96 Å². The van der Waals surface area contributed by atoms with E-state index in [4.69, 9.17) is 33.3 Å². The third-order valence-electron chi connectivity index (χ3n) is 10.0. The minimum atomic E-state index is -2.43. The monoisotopic (exact) mass is 792 g/mol. The molecule has 0 radical (unpaired) electrons. The first-order valence-electron chi connectivity index (χ1n) is 18.0. The molecule has 4 aromatic carbocycles. The summed E-state index contributed by atoms with van der Waals surface area (Å²) in [5.41, 5.74) is 11.9. The van der Waals surface area contributed by atoms with Crippen molar-refractivity contribution in [3.05, 3.63) is 115 Å². The van der Waals surface area contributed by atoms with E-state index in [0.29, 0.717) is 0 Å². The first-order valence-corrected chi connectivity index (χ1v) is 28.1. The van der Waals surface area contributed by atoms with Gasteiger partial charge in [0.1, 0.15) is 11.5 Å². The summed E-state index contributed by atoms with van der Waals surface area (Å²) in [6, 6.07) is 23.0.